The Bertz CT molecular complexity index is 681. The van der Waals surface area contributed by atoms with Crippen molar-refractivity contribution in [3.05, 3.63) is 35.2 Å². The minimum Gasteiger partial charge on any atom is -0.469 e. The Morgan fingerprint density at radius 1 is 1.35 bits per heavy atom. The molecular weight excluding hydrogens is 318 g/mol. The summed E-state index contributed by atoms with van der Waals surface area (Å²) in [4.78, 5) is 13.7. The van der Waals surface area contributed by atoms with Gasteiger partial charge in [0.2, 0.25) is 11.8 Å². The third-order valence-corrected chi connectivity index (χ3v) is 4.38. The minimum atomic E-state index is -0.122. The van der Waals surface area contributed by atoms with Crippen LogP contribution in [0.1, 0.15) is 18.7 Å². The van der Waals surface area contributed by atoms with Crippen molar-refractivity contribution in [2.24, 2.45) is 5.92 Å². The van der Waals surface area contributed by atoms with Gasteiger partial charge in [-0.15, -0.1) is 10.2 Å². The van der Waals surface area contributed by atoms with Gasteiger partial charge in [0.1, 0.15) is 0 Å². The molecule has 7 heteroatoms. The van der Waals surface area contributed by atoms with E-state index >= 15 is 0 Å². The number of nitrogens with zero attached hydrogens (tertiary/aromatic N) is 3. The molecule has 1 saturated heterocycles. The van der Waals surface area contributed by atoms with E-state index in [9.17, 15) is 4.79 Å². The fourth-order valence-corrected chi connectivity index (χ4v) is 2.96. The largest absolute Gasteiger partial charge is 0.469 e. The summed E-state index contributed by atoms with van der Waals surface area (Å²) in [5.41, 5.74) is 0.734. The Labute approximate surface area is 139 Å². The highest BCUT2D eigenvalue weighted by molar-refractivity contribution is 6.33. The lowest BCUT2D eigenvalue weighted by atomic mass is 9.97. The van der Waals surface area contributed by atoms with Crippen LogP contribution >= 0.6 is 11.6 Å². The van der Waals surface area contributed by atoms with E-state index < -0.39 is 0 Å². The molecule has 0 radical (unpaired) electrons. The first-order valence-corrected chi connectivity index (χ1v) is 7.92. The average Bonchev–Trinajstić information content (AvgIpc) is 3.03. The van der Waals surface area contributed by atoms with Crippen molar-refractivity contribution < 1.29 is 13.9 Å². The highest BCUT2D eigenvalue weighted by Gasteiger charge is 2.26. The molecule has 0 N–H and O–H groups in total. The van der Waals surface area contributed by atoms with Crippen LogP contribution in [0.4, 0.5) is 0 Å². The van der Waals surface area contributed by atoms with E-state index in [1.165, 1.54) is 7.11 Å². The van der Waals surface area contributed by atoms with Crippen LogP contribution in [0.25, 0.3) is 11.5 Å². The summed E-state index contributed by atoms with van der Waals surface area (Å²) >= 11 is 6.14. The second-order valence-electron chi connectivity index (χ2n) is 5.55. The third-order valence-electron chi connectivity index (χ3n) is 4.05. The number of aromatic nitrogens is 2. The van der Waals surface area contributed by atoms with Crippen molar-refractivity contribution in [2.45, 2.75) is 19.4 Å². The summed E-state index contributed by atoms with van der Waals surface area (Å²) in [6, 6.07) is 7.37. The SMILES string of the molecule is COC(=O)C1CCN(Cc2nnc(-c3ccccc3Cl)o2)CC1. The number of piperidine rings is 1. The smallest absolute Gasteiger partial charge is 0.308 e. The predicted molar refractivity (Wildman–Crippen MR) is 84.8 cm³/mol. The van der Waals surface area contributed by atoms with E-state index in [0.717, 1.165) is 31.5 Å². The number of hydrogen-bond donors (Lipinski definition) is 0. The molecule has 6 nitrogen and oxygen atoms in total. The Morgan fingerprint density at radius 2 is 2.09 bits per heavy atom. The molecule has 0 unspecified atom stereocenters. The maximum atomic E-state index is 11.5. The molecule has 1 fully saturated rings. The van der Waals surface area contributed by atoms with Crippen molar-refractivity contribution in [3.63, 3.8) is 0 Å². The fraction of sp³-hybridized carbons (Fsp3) is 0.438. The second kappa shape index (κ2) is 7.10. The molecule has 1 aliphatic rings. The van der Waals surface area contributed by atoms with E-state index in [1.807, 2.05) is 18.2 Å². The van der Waals surface area contributed by atoms with Gasteiger partial charge < -0.3 is 9.15 Å². The number of methoxy groups -OCH3 is 1. The molecule has 2 aromatic rings. The maximum absolute atomic E-state index is 11.5. The third kappa shape index (κ3) is 3.71. The van der Waals surface area contributed by atoms with Gasteiger partial charge in [-0.25, -0.2) is 0 Å². The number of rotatable bonds is 4. The summed E-state index contributed by atoms with van der Waals surface area (Å²) in [5.74, 6) is 0.854. The molecule has 23 heavy (non-hydrogen) atoms. The molecule has 0 saturated carbocycles. The van der Waals surface area contributed by atoms with E-state index in [4.69, 9.17) is 20.8 Å². The van der Waals surface area contributed by atoms with Crippen molar-refractivity contribution >= 4 is 17.6 Å². The van der Waals surface area contributed by atoms with Gasteiger partial charge in [-0.05, 0) is 38.1 Å². The maximum Gasteiger partial charge on any atom is 0.308 e. The highest BCUT2D eigenvalue weighted by atomic mass is 35.5. The van der Waals surface area contributed by atoms with Crippen LogP contribution < -0.4 is 0 Å². The van der Waals surface area contributed by atoms with Crippen molar-refractivity contribution in [1.82, 2.24) is 15.1 Å². The molecule has 0 bridgehead atoms. The summed E-state index contributed by atoms with van der Waals surface area (Å²) in [6.45, 7) is 2.19. The Morgan fingerprint density at radius 3 is 2.78 bits per heavy atom. The standard InChI is InChI=1S/C16H18ClN3O3/c1-22-16(21)11-6-8-20(9-7-11)10-14-18-19-15(23-14)12-4-2-3-5-13(12)17/h2-5,11H,6-10H2,1H3. The van der Waals surface area contributed by atoms with Gasteiger partial charge in [0.15, 0.2) is 0 Å². The lowest BCUT2D eigenvalue weighted by Crippen LogP contribution is -2.36. The average molecular weight is 336 g/mol. The van der Waals surface area contributed by atoms with Crippen LogP contribution in [-0.4, -0.2) is 41.3 Å². The first-order chi connectivity index (χ1) is 11.2. The zero-order valence-corrected chi connectivity index (χ0v) is 13.6. The number of carbonyl (C=O) groups excluding carboxylic acids is 1. The molecule has 0 amide bonds. The number of benzene rings is 1. The van der Waals surface area contributed by atoms with Crippen LogP contribution in [0.3, 0.4) is 0 Å². The highest BCUT2D eigenvalue weighted by Crippen LogP contribution is 2.27. The van der Waals surface area contributed by atoms with Crippen molar-refractivity contribution in [2.75, 3.05) is 20.2 Å². The van der Waals surface area contributed by atoms with Gasteiger partial charge in [-0.1, -0.05) is 23.7 Å². The van der Waals surface area contributed by atoms with Crippen molar-refractivity contribution in [1.29, 1.82) is 0 Å². The van der Waals surface area contributed by atoms with Gasteiger partial charge >= 0.3 is 5.97 Å². The summed E-state index contributed by atoms with van der Waals surface area (Å²) in [7, 11) is 1.43. The zero-order valence-electron chi connectivity index (χ0n) is 12.9. The predicted octanol–water partition coefficient (Wildman–Crippen LogP) is 2.78. The molecule has 0 atom stereocenters. The zero-order chi connectivity index (χ0) is 16.2. The second-order valence-corrected chi connectivity index (χ2v) is 5.96. The van der Waals surface area contributed by atoms with E-state index in [-0.39, 0.29) is 11.9 Å². The number of ether oxygens (including phenoxy) is 1. The molecule has 0 spiro atoms. The molecule has 1 aromatic carbocycles. The minimum absolute atomic E-state index is 0.00220. The van der Waals surface area contributed by atoms with Gasteiger partial charge in [0, 0.05) is 0 Å². The first kappa shape index (κ1) is 16.0. The molecule has 3 rings (SSSR count). The van der Waals surface area contributed by atoms with Gasteiger partial charge in [0.25, 0.3) is 0 Å². The molecular formula is C16H18ClN3O3. The first-order valence-electron chi connectivity index (χ1n) is 7.55. The van der Waals surface area contributed by atoms with Gasteiger partial charge in [0.05, 0.1) is 30.2 Å². The normalized spacial score (nSPS) is 16.4. The van der Waals surface area contributed by atoms with Crippen molar-refractivity contribution in [3.8, 4) is 11.5 Å². The van der Waals surface area contributed by atoms with Gasteiger partial charge in [-0.2, -0.15) is 0 Å². The van der Waals surface area contributed by atoms with Crippen LogP contribution in [-0.2, 0) is 16.1 Å². The lowest BCUT2D eigenvalue weighted by Gasteiger charge is -2.29. The molecule has 2 heterocycles. The van der Waals surface area contributed by atoms with E-state index in [0.29, 0.717) is 23.3 Å². The van der Waals surface area contributed by atoms with Crippen LogP contribution in [0.15, 0.2) is 28.7 Å². The van der Waals surface area contributed by atoms with E-state index in [2.05, 4.69) is 15.1 Å². The van der Waals surface area contributed by atoms with Crippen LogP contribution in [0.5, 0.6) is 0 Å². The van der Waals surface area contributed by atoms with Gasteiger partial charge in [-0.3, -0.25) is 9.69 Å². The molecule has 0 aliphatic carbocycles. The van der Waals surface area contributed by atoms with Crippen LogP contribution in [0.2, 0.25) is 5.02 Å². The quantitative estimate of drug-likeness (QED) is 0.800. The number of esters is 1. The summed E-state index contributed by atoms with van der Waals surface area (Å²) < 4.78 is 10.5. The van der Waals surface area contributed by atoms with Crippen LogP contribution in [0, 0.1) is 5.92 Å². The Hall–Kier alpha value is -1.92. The van der Waals surface area contributed by atoms with E-state index in [1.54, 1.807) is 6.07 Å². The molecule has 122 valence electrons. The monoisotopic (exact) mass is 335 g/mol. The lowest BCUT2D eigenvalue weighted by molar-refractivity contribution is -0.147. The number of likely N-dealkylation sites (tertiary alicyclic amines) is 1. The Balaban J connectivity index is 1.60. The molecule has 1 aromatic heterocycles. The number of halogens is 1. The Kier molecular flexibility index (Phi) is 4.93. The fourth-order valence-electron chi connectivity index (χ4n) is 2.75. The number of carbonyl (C=O) groups is 1. The number of hydrogen-bond acceptors (Lipinski definition) is 6. The summed E-state index contributed by atoms with van der Waals surface area (Å²) in [5, 5.41) is 8.74. The molecule has 1 aliphatic heterocycles. The topological polar surface area (TPSA) is 68.5 Å². The summed E-state index contributed by atoms with van der Waals surface area (Å²) in [6.07, 6.45) is 1.58.